The van der Waals surface area contributed by atoms with Gasteiger partial charge in [0.25, 0.3) is 5.91 Å². The number of amides is 1. The van der Waals surface area contributed by atoms with Gasteiger partial charge < -0.3 is 5.32 Å². The average Bonchev–Trinajstić information content (AvgIpc) is 2.42. The van der Waals surface area contributed by atoms with Crippen LogP contribution < -0.4 is 5.32 Å². The summed E-state index contributed by atoms with van der Waals surface area (Å²) in [6, 6.07) is 9.06. The van der Waals surface area contributed by atoms with Crippen LogP contribution in [0.15, 0.2) is 52.1 Å². The fraction of sp³-hybridized carbons (Fsp3) is 0.143. The molecule has 0 aliphatic rings. The van der Waals surface area contributed by atoms with Crippen molar-refractivity contribution >= 4 is 34.5 Å². The van der Waals surface area contributed by atoms with Crippen LogP contribution in [0.4, 0.5) is 0 Å². The maximum atomic E-state index is 12.2. The Kier molecular flexibility index (Phi) is 4.61. The molecule has 1 aromatic carbocycles. The fourth-order valence-corrected chi connectivity index (χ4v) is 2.31. The molecule has 0 aliphatic heterocycles. The van der Waals surface area contributed by atoms with Gasteiger partial charge >= 0.3 is 0 Å². The Balaban J connectivity index is 2.15. The van der Waals surface area contributed by atoms with Gasteiger partial charge in [-0.15, -0.1) is 12.6 Å². The summed E-state index contributed by atoms with van der Waals surface area (Å²) >= 11 is 7.62. The van der Waals surface area contributed by atoms with Gasteiger partial charge in [-0.3, -0.25) is 9.78 Å². The zero-order valence-electron chi connectivity index (χ0n) is 10.3. The van der Waals surface area contributed by atoms with E-state index in [4.69, 9.17) is 0 Å². The van der Waals surface area contributed by atoms with Crippen molar-refractivity contribution in [1.29, 1.82) is 0 Å². The van der Waals surface area contributed by atoms with Crippen LogP contribution in [0.1, 0.15) is 28.9 Å². The van der Waals surface area contributed by atoms with Gasteiger partial charge in [0.1, 0.15) is 0 Å². The van der Waals surface area contributed by atoms with E-state index < -0.39 is 0 Å². The van der Waals surface area contributed by atoms with Crippen LogP contribution in [0.25, 0.3) is 0 Å². The van der Waals surface area contributed by atoms with Crippen molar-refractivity contribution in [3.8, 4) is 0 Å². The highest BCUT2D eigenvalue weighted by molar-refractivity contribution is 9.10. The molecule has 0 saturated heterocycles. The predicted molar refractivity (Wildman–Crippen MR) is 81.5 cm³/mol. The second kappa shape index (κ2) is 6.21. The molecule has 3 nitrogen and oxygen atoms in total. The van der Waals surface area contributed by atoms with E-state index in [1.54, 1.807) is 18.5 Å². The van der Waals surface area contributed by atoms with Gasteiger partial charge in [0, 0.05) is 21.8 Å². The molecule has 1 aromatic heterocycles. The minimum Gasteiger partial charge on any atom is -0.345 e. The molecule has 1 heterocycles. The number of pyridine rings is 1. The topological polar surface area (TPSA) is 42.0 Å². The number of hydrogen-bond acceptors (Lipinski definition) is 3. The molecule has 1 N–H and O–H groups in total. The number of thiol groups is 1. The Labute approximate surface area is 126 Å². The Morgan fingerprint density at radius 2 is 2.21 bits per heavy atom. The number of halogens is 1. The van der Waals surface area contributed by atoms with Crippen LogP contribution in [-0.4, -0.2) is 10.9 Å². The standard InChI is InChI=1S/C14H13BrN2OS/c1-9(10-3-2-6-16-8-10)17-14(18)12-7-11(19)4-5-13(12)15/h2-9,19H,1H3,(H,17,18). The molecule has 0 bridgehead atoms. The van der Waals surface area contributed by atoms with Gasteiger partial charge in [-0.05, 0) is 52.7 Å². The van der Waals surface area contributed by atoms with E-state index in [1.807, 2.05) is 31.2 Å². The van der Waals surface area contributed by atoms with E-state index in [9.17, 15) is 4.79 Å². The van der Waals surface area contributed by atoms with Crippen LogP contribution in [0, 0.1) is 0 Å². The quantitative estimate of drug-likeness (QED) is 0.840. The molecule has 19 heavy (non-hydrogen) atoms. The summed E-state index contributed by atoms with van der Waals surface area (Å²) in [5.74, 6) is -0.140. The monoisotopic (exact) mass is 336 g/mol. The largest absolute Gasteiger partial charge is 0.345 e. The Hall–Kier alpha value is -1.33. The van der Waals surface area contributed by atoms with Crippen molar-refractivity contribution in [2.24, 2.45) is 0 Å². The second-order valence-electron chi connectivity index (χ2n) is 4.15. The lowest BCUT2D eigenvalue weighted by molar-refractivity contribution is 0.0939. The molecule has 2 rings (SSSR count). The number of nitrogens with one attached hydrogen (secondary N) is 1. The van der Waals surface area contributed by atoms with E-state index in [0.29, 0.717) is 5.56 Å². The number of rotatable bonds is 3. The number of nitrogens with zero attached hydrogens (tertiary/aromatic N) is 1. The molecule has 5 heteroatoms. The molecule has 0 fully saturated rings. The highest BCUT2D eigenvalue weighted by Gasteiger charge is 2.14. The van der Waals surface area contributed by atoms with E-state index in [2.05, 4.69) is 38.9 Å². The zero-order chi connectivity index (χ0) is 13.8. The number of carbonyl (C=O) groups excluding carboxylic acids is 1. The summed E-state index contributed by atoms with van der Waals surface area (Å²) in [6.07, 6.45) is 3.45. The summed E-state index contributed by atoms with van der Waals surface area (Å²) in [5, 5.41) is 2.94. The smallest absolute Gasteiger partial charge is 0.252 e. The van der Waals surface area contributed by atoms with Crippen LogP contribution in [0.5, 0.6) is 0 Å². The van der Waals surface area contributed by atoms with Crippen molar-refractivity contribution in [3.63, 3.8) is 0 Å². The first-order valence-corrected chi connectivity index (χ1v) is 7.01. The fourth-order valence-electron chi connectivity index (χ4n) is 1.68. The lowest BCUT2D eigenvalue weighted by atomic mass is 10.1. The van der Waals surface area contributed by atoms with Gasteiger partial charge in [-0.25, -0.2) is 0 Å². The van der Waals surface area contributed by atoms with Crippen molar-refractivity contribution in [2.75, 3.05) is 0 Å². The van der Waals surface area contributed by atoms with Crippen LogP contribution in [0.2, 0.25) is 0 Å². The average molecular weight is 337 g/mol. The molecule has 2 aromatic rings. The third-order valence-corrected chi connectivity index (χ3v) is 3.70. The van der Waals surface area contributed by atoms with Gasteiger partial charge in [0.15, 0.2) is 0 Å². The van der Waals surface area contributed by atoms with E-state index >= 15 is 0 Å². The summed E-state index contributed by atoms with van der Waals surface area (Å²) in [4.78, 5) is 17.0. The summed E-state index contributed by atoms with van der Waals surface area (Å²) < 4.78 is 0.751. The lowest BCUT2D eigenvalue weighted by Crippen LogP contribution is -2.27. The van der Waals surface area contributed by atoms with E-state index in [1.165, 1.54) is 0 Å². The van der Waals surface area contributed by atoms with Crippen LogP contribution >= 0.6 is 28.6 Å². The number of hydrogen-bond donors (Lipinski definition) is 2. The number of aromatic nitrogens is 1. The molecule has 0 radical (unpaired) electrons. The summed E-state index contributed by atoms with van der Waals surface area (Å²) in [6.45, 7) is 1.92. The molecule has 1 amide bonds. The van der Waals surface area contributed by atoms with Crippen molar-refractivity contribution in [1.82, 2.24) is 10.3 Å². The van der Waals surface area contributed by atoms with Gasteiger partial charge in [-0.2, -0.15) is 0 Å². The number of carbonyl (C=O) groups is 1. The molecule has 98 valence electrons. The minimum atomic E-state index is -0.140. The summed E-state index contributed by atoms with van der Waals surface area (Å²) in [7, 11) is 0. The lowest BCUT2D eigenvalue weighted by Gasteiger charge is -2.14. The SMILES string of the molecule is CC(NC(=O)c1cc(S)ccc1Br)c1cccnc1. The minimum absolute atomic E-state index is 0.100. The first-order chi connectivity index (χ1) is 9.08. The van der Waals surface area contributed by atoms with Gasteiger partial charge in [-0.1, -0.05) is 6.07 Å². The maximum Gasteiger partial charge on any atom is 0.252 e. The highest BCUT2D eigenvalue weighted by Crippen LogP contribution is 2.21. The molecular weight excluding hydrogens is 324 g/mol. The van der Waals surface area contributed by atoms with Crippen molar-refractivity contribution in [2.45, 2.75) is 17.9 Å². The predicted octanol–water partition coefficient (Wildman–Crippen LogP) is 3.62. The van der Waals surface area contributed by atoms with Gasteiger partial charge in [0.05, 0.1) is 11.6 Å². The van der Waals surface area contributed by atoms with Crippen LogP contribution in [0.3, 0.4) is 0 Å². The number of benzene rings is 1. The Morgan fingerprint density at radius 3 is 2.89 bits per heavy atom. The Morgan fingerprint density at radius 1 is 1.42 bits per heavy atom. The molecule has 0 saturated carbocycles. The summed E-state index contributed by atoms with van der Waals surface area (Å²) in [5.41, 5.74) is 1.54. The molecular formula is C14H13BrN2OS. The highest BCUT2D eigenvalue weighted by atomic mass is 79.9. The van der Waals surface area contributed by atoms with Crippen molar-refractivity contribution < 1.29 is 4.79 Å². The first kappa shape index (κ1) is 14.1. The van der Waals surface area contributed by atoms with Crippen molar-refractivity contribution in [3.05, 3.63) is 58.3 Å². The van der Waals surface area contributed by atoms with Gasteiger partial charge in [0.2, 0.25) is 0 Å². The molecule has 0 aliphatic carbocycles. The molecule has 1 atom stereocenters. The zero-order valence-corrected chi connectivity index (χ0v) is 12.8. The second-order valence-corrected chi connectivity index (χ2v) is 5.52. The molecule has 0 spiro atoms. The third-order valence-electron chi connectivity index (χ3n) is 2.73. The molecule has 1 unspecified atom stereocenters. The third kappa shape index (κ3) is 3.58. The first-order valence-electron chi connectivity index (χ1n) is 5.77. The van der Waals surface area contributed by atoms with E-state index in [-0.39, 0.29) is 11.9 Å². The Bertz CT molecular complexity index is 589. The van der Waals surface area contributed by atoms with E-state index in [0.717, 1.165) is 14.9 Å². The maximum absolute atomic E-state index is 12.2. The normalized spacial score (nSPS) is 11.9. The van der Waals surface area contributed by atoms with Crippen LogP contribution in [-0.2, 0) is 0 Å².